The molecule has 2 aromatic carbocycles. The number of anilines is 1. The molecule has 0 unspecified atom stereocenters. The van der Waals surface area contributed by atoms with E-state index < -0.39 is 0 Å². The highest BCUT2D eigenvalue weighted by molar-refractivity contribution is 5.91. The molecule has 0 fully saturated rings. The van der Waals surface area contributed by atoms with E-state index in [0.29, 0.717) is 6.54 Å². The van der Waals surface area contributed by atoms with Gasteiger partial charge in [-0.2, -0.15) is 4.57 Å². The van der Waals surface area contributed by atoms with Crippen LogP contribution in [0.5, 0.6) is 0 Å². The van der Waals surface area contributed by atoms with Gasteiger partial charge in [-0.3, -0.25) is 4.79 Å². The van der Waals surface area contributed by atoms with Crippen LogP contribution in [0.15, 0.2) is 90.9 Å². The van der Waals surface area contributed by atoms with E-state index in [-0.39, 0.29) is 11.2 Å². The van der Waals surface area contributed by atoms with Gasteiger partial charge in [-0.1, -0.05) is 62.4 Å². The quantitative estimate of drug-likeness (QED) is 0.499. The SMILES string of the molecule is CN1C(=CC(=O)C[n+]2cccc(-c3ccccc3)c2)C(C)(C)c2ccccc21. The predicted molar refractivity (Wildman–Crippen MR) is 113 cm³/mol. The normalized spacial score (nSPS) is 16.2. The van der Waals surface area contributed by atoms with E-state index >= 15 is 0 Å². The third-order valence-corrected chi connectivity index (χ3v) is 5.54. The number of hydrogen-bond acceptors (Lipinski definition) is 2. The highest BCUT2D eigenvalue weighted by atomic mass is 16.1. The van der Waals surface area contributed by atoms with Crippen molar-refractivity contribution in [2.24, 2.45) is 0 Å². The van der Waals surface area contributed by atoms with Crippen LogP contribution in [0.25, 0.3) is 11.1 Å². The van der Waals surface area contributed by atoms with Crippen molar-refractivity contribution >= 4 is 11.5 Å². The molecule has 0 spiro atoms. The number of fused-ring (bicyclic) bond motifs is 1. The summed E-state index contributed by atoms with van der Waals surface area (Å²) >= 11 is 0. The number of aromatic nitrogens is 1. The van der Waals surface area contributed by atoms with Crippen molar-refractivity contribution < 1.29 is 9.36 Å². The van der Waals surface area contributed by atoms with Gasteiger partial charge in [0.25, 0.3) is 0 Å². The summed E-state index contributed by atoms with van der Waals surface area (Å²) < 4.78 is 1.96. The molecule has 0 saturated heterocycles. The van der Waals surface area contributed by atoms with Gasteiger partial charge < -0.3 is 4.90 Å². The van der Waals surface area contributed by atoms with E-state index in [9.17, 15) is 4.79 Å². The Bertz CT molecular complexity index is 1050. The minimum atomic E-state index is -0.183. The molecule has 1 aliphatic rings. The van der Waals surface area contributed by atoms with Gasteiger partial charge in [0.05, 0.1) is 0 Å². The van der Waals surface area contributed by atoms with Crippen molar-refractivity contribution in [2.45, 2.75) is 25.8 Å². The second-order valence-corrected chi connectivity index (χ2v) is 7.83. The molecule has 28 heavy (non-hydrogen) atoms. The zero-order valence-corrected chi connectivity index (χ0v) is 16.6. The topological polar surface area (TPSA) is 24.2 Å². The lowest BCUT2D eigenvalue weighted by Gasteiger charge is -2.23. The van der Waals surface area contributed by atoms with Crippen molar-refractivity contribution in [1.29, 1.82) is 0 Å². The number of ketones is 1. The molecular weight excluding hydrogens is 344 g/mol. The van der Waals surface area contributed by atoms with E-state index in [1.54, 1.807) is 0 Å². The summed E-state index contributed by atoms with van der Waals surface area (Å²) in [6.07, 6.45) is 5.79. The first-order valence-electron chi connectivity index (χ1n) is 9.59. The third kappa shape index (κ3) is 3.24. The van der Waals surface area contributed by atoms with Crippen LogP contribution < -0.4 is 9.47 Å². The van der Waals surface area contributed by atoms with Gasteiger partial charge >= 0.3 is 0 Å². The molecule has 0 bridgehead atoms. The summed E-state index contributed by atoms with van der Waals surface area (Å²) in [5, 5.41) is 0. The molecule has 140 valence electrons. The van der Waals surface area contributed by atoms with E-state index in [1.807, 2.05) is 60.4 Å². The number of likely N-dealkylation sites (N-methyl/N-ethyl adjacent to an activating group) is 1. The Hall–Kier alpha value is -3.20. The van der Waals surface area contributed by atoms with Crippen LogP contribution in [0.4, 0.5) is 5.69 Å². The molecule has 0 aliphatic carbocycles. The zero-order valence-electron chi connectivity index (χ0n) is 16.6. The number of carbonyl (C=O) groups is 1. The number of para-hydroxylation sites is 1. The zero-order chi connectivity index (χ0) is 19.7. The molecule has 4 rings (SSSR count). The summed E-state index contributed by atoms with van der Waals surface area (Å²) in [7, 11) is 2.04. The van der Waals surface area contributed by atoms with E-state index in [2.05, 4.69) is 55.1 Å². The van der Waals surface area contributed by atoms with Crippen molar-refractivity contribution in [3.63, 3.8) is 0 Å². The van der Waals surface area contributed by atoms with Gasteiger partial charge in [0, 0.05) is 41.6 Å². The molecule has 3 nitrogen and oxygen atoms in total. The minimum Gasteiger partial charge on any atom is -0.347 e. The van der Waals surface area contributed by atoms with Crippen molar-refractivity contribution in [1.82, 2.24) is 0 Å². The smallest absolute Gasteiger partial charge is 0.222 e. The number of allylic oxidation sites excluding steroid dienone is 2. The first-order valence-corrected chi connectivity index (χ1v) is 9.59. The second kappa shape index (κ2) is 7.08. The largest absolute Gasteiger partial charge is 0.347 e. The molecule has 0 amide bonds. The predicted octanol–water partition coefficient (Wildman–Crippen LogP) is 4.52. The molecule has 0 saturated carbocycles. The standard InChI is InChI=1S/C25H25N2O/c1-25(2)22-13-7-8-14-23(22)26(3)24(25)16-21(28)18-27-15-9-12-20(17-27)19-10-5-4-6-11-19/h4-17H,18H2,1-3H3/q+1. The Morgan fingerprint density at radius 3 is 2.39 bits per heavy atom. The highest BCUT2D eigenvalue weighted by Gasteiger charge is 2.38. The molecule has 0 atom stereocenters. The molecule has 0 N–H and O–H groups in total. The van der Waals surface area contributed by atoms with Gasteiger partial charge in [-0.25, -0.2) is 0 Å². The minimum absolute atomic E-state index is 0.0953. The number of carbonyl (C=O) groups excluding carboxylic acids is 1. The molecule has 0 radical (unpaired) electrons. The van der Waals surface area contributed by atoms with Crippen LogP contribution in [0.1, 0.15) is 19.4 Å². The summed E-state index contributed by atoms with van der Waals surface area (Å²) in [6, 6.07) is 22.6. The van der Waals surface area contributed by atoms with E-state index in [4.69, 9.17) is 0 Å². The highest BCUT2D eigenvalue weighted by Crippen LogP contribution is 2.46. The number of rotatable bonds is 4. The molecular formula is C25H25N2O+. The van der Waals surface area contributed by atoms with Gasteiger partial charge in [0.1, 0.15) is 0 Å². The lowest BCUT2D eigenvalue weighted by atomic mass is 9.83. The van der Waals surface area contributed by atoms with Crippen LogP contribution in [0.3, 0.4) is 0 Å². The first-order chi connectivity index (χ1) is 13.5. The Kier molecular flexibility index (Phi) is 4.60. The van der Waals surface area contributed by atoms with Crippen molar-refractivity contribution in [2.75, 3.05) is 11.9 Å². The maximum atomic E-state index is 12.9. The van der Waals surface area contributed by atoms with E-state index in [0.717, 1.165) is 16.8 Å². The maximum absolute atomic E-state index is 12.9. The van der Waals surface area contributed by atoms with Crippen LogP contribution in [-0.2, 0) is 16.8 Å². The van der Waals surface area contributed by atoms with Crippen LogP contribution in [-0.4, -0.2) is 12.8 Å². The lowest BCUT2D eigenvalue weighted by molar-refractivity contribution is -0.683. The average molecular weight is 369 g/mol. The van der Waals surface area contributed by atoms with Crippen LogP contribution in [0, 0.1) is 0 Å². The van der Waals surface area contributed by atoms with Crippen LogP contribution in [0.2, 0.25) is 0 Å². The summed E-state index contributed by atoms with van der Waals surface area (Å²) in [5.74, 6) is 0.0953. The van der Waals surface area contributed by atoms with Gasteiger partial charge in [-0.15, -0.1) is 0 Å². The molecule has 1 aliphatic heterocycles. The molecule has 3 heteroatoms. The van der Waals surface area contributed by atoms with E-state index in [1.165, 1.54) is 11.3 Å². The van der Waals surface area contributed by atoms with Crippen molar-refractivity contribution in [3.8, 4) is 11.1 Å². The summed E-state index contributed by atoms with van der Waals surface area (Å²) in [4.78, 5) is 15.0. The number of benzene rings is 2. The fraction of sp³-hybridized carbons (Fsp3) is 0.200. The number of pyridine rings is 1. The Labute approximate surface area is 166 Å². The monoisotopic (exact) mass is 369 g/mol. The molecule has 2 heterocycles. The summed E-state index contributed by atoms with van der Waals surface area (Å²) in [5.41, 5.74) is 5.54. The lowest BCUT2D eigenvalue weighted by Crippen LogP contribution is -2.37. The fourth-order valence-electron chi connectivity index (χ4n) is 4.06. The Morgan fingerprint density at radius 1 is 0.964 bits per heavy atom. The fourth-order valence-corrected chi connectivity index (χ4v) is 4.06. The first kappa shape index (κ1) is 18.2. The summed E-state index contributed by atoms with van der Waals surface area (Å²) in [6.45, 7) is 4.68. The van der Waals surface area contributed by atoms with Gasteiger partial charge in [0.2, 0.25) is 12.3 Å². The van der Waals surface area contributed by atoms with Crippen LogP contribution >= 0.6 is 0 Å². The average Bonchev–Trinajstić information content (AvgIpc) is 2.90. The Morgan fingerprint density at radius 2 is 1.64 bits per heavy atom. The Balaban J connectivity index is 1.59. The van der Waals surface area contributed by atoms with Crippen molar-refractivity contribution in [3.05, 3.63) is 96.5 Å². The number of nitrogens with zero attached hydrogens (tertiary/aromatic N) is 2. The van der Waals surface area contributed by atoms with Gasteiger partial charge in [0.15, 0.2) is 12.4 Å². The second-order valence-electron chi connectivity index (χ2n) is 7.83. The maximum Gasteiger partial charge on any atom is 0.222 e. The molecule has 3 aromatic rings. The third-order valence-electron chi connectivity index (χ3n) is 5.54. The van der Waals surface area contributed by atoms with Gasteiger partial charge in [-0.05, 0) is 23.3 Å². The number of hydrogen-bond donors (Lipinski definition) is 0. The molecule has 1 aromatic heterocycles.